The number of carbonyl (C=O) groups excluding carboxylic acids is 1. The number of hydrogen-bond acceptors (Lipinski definition) is 3. The van der Waals surface area contributed by atoms with Crippen molar-refractivity contribution in [2.24, 2.45) is 0 Å². The molecule has 0 saturated heterocycles. The zero-order valence-corrected chi connectivity index (χ0v) is 15.0. The Bertz CT molecular complexity index is 666. The zero-order chi connectivity index (χ0) is 16.8. The topological polar surface area (TPSA) is 66.0 Å². The summed E-state index contributed by atoms with van der Waals surface area (Å²) in [5, 5.41) is 9.08. The maximum absolute atomic E-state index is 12.0. The minimum Gasteiger partial charge on any atom is -0.354 e. The number of rotatable bonds is 4. The van der Waals surface area contributed by atoms with Crippen molar-refractivity contribution in [1.29, 1.82) is 0 Å². The van der Waals surface area contributed by atoms with E-state index in [0.717, 1.165) is 28.7 Å². The van der Waals surface area contributed by atoms with Crippen LogP contribution in [-0.4, -0.2) is 17.1 Å². The zero-order valence-electron chi connectivity index (χ0n) is 13.4. The molecule has 0 aliphatic heterocycles. The molecule has 6 heteroatoms. The monoisotopic (exact) mass is 388 g/mol. The van der Waals surface area contributed by atoms with Crippen LogP contribution in [-0.2, 0) is 0 Å². The van der Waals surface area contributed by atoms with Gasteiger partial charge in [0, 0.05) is 16.2 Å². The van der Waals surface area contributed by atoms with Gasteiger partial charge in [-0.2, -0.15) is 0 Å². The van der Waals surface area contributed by atoms with E-state index >= 15 is 0 Å². The average Bonchev–Trinajstić information content (AvgIpc) is 2.59. The Labute approximate surface area is 150 Å². The molecule has 1 aliphatic rings. The van der Waals surface area contributed by atoms with Gasteiger partial charge in [0.05, 0.1) is 11.9 Å². The molecule has 2 amide bonds. The van der Waals surface area contributed by atoms with E-state index in [4.69, 9.17) is 0 Å². The van der Waals surface area contributed by atoms with E-state index in [1.165, 1.54) is 19.3 Å². The standard InChI is InChI=1S/C18H21BrN4O/c19-13-6-8-15(9-7-13)21-16-10-11-17(20-12-16)23-18(24)22-14-4-2-1-3-5-14/h6-12,14,21H,1-5H2,(H2,20,22,23,24). The third-order valence-electron chi connectivity index (χ3n) is 4.08. The number of nitrogens with one attached hydrogen (secondary N) is 3. The molecular formula is C18H21BrN4O. The lowest BCUT2D eigenvalue weighted by atomic mass is 9.96. The van der Waals surface area contributed by atoms with E-state index in [2.05, 4.69) is 36.9 Å². The fourth-order valence-electron chi connectivity index (χ4n) is 2.83. The summed E-state index contributed by atoms with van der Waals surface area (Å²) in [4.78, 5) is 16.3. The number of carbonyl (C=O) groups is 1. The van der Waals surface area contributed by atoms with Gasteiger partial charge in [-0.1, -0.05) is 35.2 Å². The molecule has 3 rings (SSSR count). The van der Waals surface area contributed by atoms with Crippen molar-refractivity contribution >= 4 is 39.2 Å². The summed E-state index contributed by atoms with van der Waals surface area (Å²) in [6.45, 7) is 0. The van der Waals surface area contributed by atoms with Crippen LogP contribution < -0.4 is 16.0 Å². The van der Waals surface area contributed by atoms with Crippen molar-refractivity contribution in [2.45, 2.75) is 38.1 Å². The fourth-order valence-corrected chi connectivity index (χ4v) is 3.09. The maximum atomic E-state index is 12.0. The van der Waals surface area contributed by atoms with Crippen LogP contribution in [0.25, 0.3) is 0 Å². The molecule has 1 aromatic carbocycles. The minimum absolute atomic E-state index is 0.178. The molecule has 2 aromatic rings. The van der Waals surface area contributed by atoms with E-state index in [-0.39, 0.29) is 12.1 Å². The largest absolute Gasteiger partial charge is 0.354 e. The molecule has 1 aromatic heterocycles. The molecule has 0 spiro atoms. The van der Waals surface area contributed by atoms with Crippen LogP contribution in [0.1, 0.15) is 32.1 Å². The fraction of sp³-hybridized carbons (Fsp3) is 0.333. The number of pyridine rings is 1. The highest BCUT2D eigenvalue weighted by Crippen LogP contribution is 2.20. The van der Waals surface area contributed by atoms with E-state index in [9.17, 15) is 4.79 Å². The Balaban J connectivity index is 1.52. The normalized spacial score (nSPS) is 14.9. The average molecular weight is 389 g/mol. The lowest BCUT2D eigenvalue weighted by Crippen LogP contribution is -2.39. The number of hydrogen-bond donors (Lipinski definition) is 3. The number of nitrogens with zero attached hydrogens (tertiary/aromatic N) is 1. The SMILES string of the molecule is O=C(Nc1ccc(Nc2ccc(Br)cc2)cn1)NC1CCCCC1. The molecule has 24 heavy (non-hydrogen) atoms. The Morgan fingerprint density at radius 1 is 1.00 bits per heavy atom. The molecule has 3 N–H and O–H groups in total. The quantitative estimate of drug-likeness (QED) is 0.686. The Morgan fingerprint density at radius 3 is 2.38 bits per heavy atom. The molecular weight excluding hydrogens is 368 g/mol. The van der Waals surface area contributed by atoms with Gasteiger partial charge in [0.25, 0.3) is 0 Å². The molecule has 1 aliphatic carbocycles. The van der Waals surface area contributed by atoms with E-state index < -0.39 is 0 Å². The van der Waals surface area contributed by atoms with Crippen molar-refractivity contribution in [3.05, 3.63) is 47.1 Å². The lowest BCUT2D eigenvalue weighted by molar-refractivity contribution is 0.244. The highest BCUT2D eigenvalue weighted by molar-refractivity contribution is 9.10. The summed E-state index contributed by atoms with van der Waals surface area (Å²) < 4.78 is 1.04. The highest BCUT2D eigenvalue weighted by atomic mass is 79.9. The summed E-state index contributed by atoms with van der Waals surface area (Å²) in [5.74, 6) is 0.546. The number of anilines is 3. The first-order valence-electron chi connectivity index (χ1n) is 8.25. The molecule has 0 atom stereocenters. The van der Waals surface area contributed by atoms with Crippen LogP contribution >= 0.6 is 15.9 Å². The predicted molar refractivity (Wildman–Crippen MR) is 101 cm³/mol. The van der Waals surface area contributed by atoms with Crippen molar-refractivity contribution in [3.8, 4) is 0 Å². The number of aromatic nitrogens is 1. The summed E-state index contributed by atoms with van der Waals surface area (Å²) in [6, 6.07) is 11.7. The van der Waals surface area contributed by atoms with Crippen molar-refractivity contribution in [3.63, 3.8) is 0 Å². The van der Waals surface area contributed by atoms with Crippen LogP contribution in [0.2, 0.25) is 0 Å². The summed E-state index contributed by atoms with van der Waals surface area (Å²) in [5.41, 5.74) is 1.85. The first-order valence-corrected chi connectivity index (χ1v) is 9.04. The predicted octanol–water partition coefficient (Wildman–Crippen LogP) is 5.04. The second-order valence-electron chi connectivity index (χ2n) is 6.00. The summed E-state index contributed by atoms with van der Waals surface area (Å²) in [7, 11) is 0. The van der Waals surface area contributed by atoms with Crippen LogP contribution in [0, 0.1) is 0 Å². The van der Waals surface area contributed by atoms with Crippen molar-refractivity contribution in [1.82, 2.24) is 10.3 Å². The number of urea groups is 1. The Hall–Kier alpha value is -2.08. The minimum atomic E-state index is -0.178. The Kier molecular flexibility index (Phi) is 5.69. The van der Waals surface area contributed by atoms with Crippen LogP contribution in [0.15, 0.2) is 47.1 Å². The van der Waals surface area contributed by atoms with Gasteiger partial charge in [0.15, 0.2) is 0 Å². The van der Waals surface area contributed by atoms with Crippen LogP contribution in [0.3, 0.4) is 0 Å². The molecule has 1 fully saturated rings. The smallest absolute Gasteiger partial charge is 0.320 e. The van der Waals surface area contributed by atoms with Gasteiger partial charge in [-0.05, 0) is 49.2 Å². The number of halogens is 1. The summed E-state index contributed by atoms with van der Waals surface area (Å²) >= 11 is 3.41. The summed E-state index contributed by atoms with van der Waals surface area (Å²) in [6.07, 6.45) is 7.50. The van der Waals surface area contributed by atoms with E-state index in [1.54, 1.807) is 12.3 Å². The highest BCUT2D eigenvalue weighted by Gasteiger charge is 2.15. The van der Waals surface area contributed by atoms with Crippen LogP contribution in [0.5, 0.6) is 0 Å². The molecule has 5 nitrogen and oxygen atoms in total. The van der Waals surface area contributed by atoms with Gasteiger partial charge in [-0.25, -0.2) is 9.78 Å². The third kappa shape index (κ3) is 4.96. The molecule has 0 unspecified atom stereocenters. The van der Waals surface area contributed by atoms with Crippen molar-refractivity contribution in [2.75, 3.05) is 10.6 Å². The second kappa shape index (κ2) is 8.15. The van der Waals surface area contributed by atoms with E-state index in [1.807, 2.05) is 30.3 Å². The van der Waals surface area contributed by atoms with Gasteiger partial charge >= 0.3 is 6.03 Å². The Morgan fingerprint density at radius 2 is 1.71 bits per heavy atom. The number of benzene rings is 1. The van der Waals surface area contributed by atoms with Crippen molar-refractivity contribution < 1.29 is 4.79 Å². The molecule has 0 radical (unpaired) electrons. The first-order chi connectivity index (χ1) is 11.7. The number of amides is 2. The van der Waals surface area contributed by atoms with Gasteiger partial charge in [-0.15, -0.1) is 0 Å². The third-order valence-corrected chi connectivity index (χ3v) is 4.61. The van der Waals surface area contributed by atoms with Gasteiger partial charge in [-0.3, -0.25) is 5.32 Å². The van der Waals surface area contributed by atoms with E-state index in [0.29, 0.717) is 5.82 Å². The molecule has 1 heterocycles. The molecule has 1 saturated carbocycles. The van der Waals surface area contributed by atoms with Gasteiger partial charge < -0.3 is 10.6 Å². The van der Waals surface area contributed by atoms with Gasteiger partial charge in [0.2, 0.25) is 0 Å². The van der Waals surface area contributed by atoms with Crippen LogP contribution in [0.4, 0.5) is 22.0 Å². The lowest BCUT2D eigenvalue weighted by Gasteiger charge is -2.22. The maximum Gasteiger partial charge on any atom is 0.320 e. The van der Waals surface area contributed by atoms with Gasteiger partial charge in [0.1, 0.15) is 5.82 Å². The first kappa shape index (κ1) is 16.8. The molecule has 0 bridgehead atoms. The molecule has 126 valence electrons. The second-order valence-corrected chi connectivity index (χ2v) is 6.91.